The fourth-order valence-corrected chi connectivity index (χ4v) is 2.01. The average molecular weight is 296 g/mol. The minimum atomic E-state index is -1.01. The van der Waals surface area contributed by atoms with Crippen molar-refractivity contribution in [1.82, 2.24) is 10.1 Å². The van der Waals surface area contributed by atoms with Crippen LogP contribution in [0.5, 0.6) is 5.75 Å². The fraction of sp³-hybridized carbons (Fsp3) is 0.0625. The van der Waals surface area contributed by atoms with E-state index in [1.165, 1.54) is 12.1 Å². The van der Waals surface area contributed by atoms with Gasteiger partial charge in [-0.2, -0.15) is 4.98 Å². The van der Waals surface area contributed by atoms with E-state index in [2.05, 4.69) is 10.1 Å². The second kappa shape index (κ2) is 5.69. The van der Waals surface area contributed by atoms with Gasteiger partial charge in [0.2, 0.25) is 5.82 Å². The molecule has 0 unspecified atom stereocenters. The first-order chi connectivity index (χ1) is 10.7. The van der Waals surface area contributed by atoms with Crippen LogP contribution in [0.15, 0.2) is 53.1 Å². The first-order valence-corrected chi connectivity index (χ1v) is 6.49. The molecule has 1 aromatic heterocycles. The molecule has 3 rings (SSSR count). The highest BCUT2D eigenvalue weighted by Crippen LogP contribution is 2.25. The molecule has 0 atom stereocenters. The molecule has 0 aliphatic carbocycles. The Bertz CT molecular complexity index is 826. The van der Waals surface area contributed by atoms with Crippen LogP contribution in [-0.2, 0) is 0 Å². The van der Waals surface area contributed by atoms with Crippen molar-refractivity contribution in [3.63, 3.8) is 0 Å². The van der Waals surface area contributed by atoms with Crippen molar-refractivity contribution in [2.45, 2.75) is 0 Å². The number of benzene rings is 2. The molecule has 6 nitrogen and oxygen atoms in total. The van der Waals surface area contributed by atoms with Gasteiger partial charge in [0.25, 0.3) is 5.89 Å². The summed E-state index contributed by atoms with van der Waals surface area (Å²) in [7, 11) is 1.58. The second-order valence-electron chi connectivity index (χ2n) is 4.54. The molecule has 110 valence electrons. The maximum absolute atomic E-state index is 11.0. The topological polar surface area (TPSA) is 85.5 Å². The maximum Gasteiger partial charge on any atom is 0.335 e. The maximum atomic E-state index is 11.0. The van der Waals surface area contributed by atoms with E-state index in [-0.39, 0.29) is 11.5 Å². The zero-order valence-electron chi connectivity index (χ0n) is 11.7. The van der Waals surface area contributed by atoms with E-state index < -0.39 is 5.97 Å². The lowest BCUT2D eigenvalue weighted by Gasteiger charge is -2.00. The number of aromatic carboxylic acids is 1. The molecule has 22 heavy (non-hydrogen) atoms. The predicted octanol–water partition coefficient (Wildman–Crippen LogP) is 3.11. The molecule has 0 bridgehead atoms. The SMILES string of the molecule is COc1cccc(-c2noc(-c3cccc(C(=O)O)c3)n2)c1. The van der Waals surface area contributed by atoms with Crippen molar-refractivity contribution < 1.29 is 19.2 Å². The monoisotopic (exact) mass is 296 g/mol. The van der Waals surface area contributed by atoms with Crippen molar-refractivity contribution in [3.05, 3.63) is 54.1 Å². The van der Waals surface area contributed by atoms with E-state index >= 15 is 0 Å². The lowest BCUT2D eigenvalue weighted by Crippen LogP contribution is -1.95. The summed E-state index contributed by atoms with van der Waals surface area (Å²) in [4.78, 5) is 15.3. The van der Waals surface area contributed by atoms with Gasteiger partial charge >= 0.3 is 5.97 Å². The number of aromatic nitrogens is 2. The molecule has 2 aromatic carbocycles. The van der Waals surface area contributed by atoms with Crippen LogP contribution < -0.4 is 4.74 Å². The highest BCUT2D eigenvalue weighted by atomic mass is 16.5. The summed E-state index contributed by atoms with van der Waals surface area (Å²) in [5.74, 6) is 0.363. The number of carboxylic acids is 1. The summed E-state index contributed by atoms with van der Waals surface area (Å²) in [5.41, 5.74) is 1.48. The Morgan fingerprint density at radius 3 is 2.68 bits per heavy atom. The molecule has 0 saturated carbocycles. The van der Waals surface area contributed by atoms with E-state index in [1.807, 2.05) is 18.2 Å². The van der Waals surface area contributed by atoms with Gasteiger partial charge in [0.1, 0.15) is 5.75 Å². The number of methoxy groups -OCH3 is 1. The van der Waals surface area contributed by atoms with Gasteiger partial charge in [-0.05, 0) is 30.3 Å². The van der Waals surface area contributed by atoms with Crippen molar-refractivity contribution >= 4 is 5.97 Å². The molecule has 0 saturated heterocycles. The molecule has 3 aromatic rings. The first kappa shape index (κ1) is 13.8. The van der Waals surface area contributed by atoms with Gasteiger partial charge in [0.15, 0.2) is 0 Å². The quantitative estimate of drug-likeness (QED) is 0.796. The third kappa shape index (κ3) is 2.67. The number of hydrogen-bond acceptors (Lipinski definition) is 5. The molecule has 0 radical (unpaired) electrons. The Balaban J connectivity index is 1.96. The largest absolute Gasteiger partial charge is 0.497 e. The standard InChI is InChI=1S/C16H12N2O4/c1-21-13-7-3-4-10(9-13)14-17-15(22-18-14)11-5-2-6-12(8-11)16(19)20/h2-9H,1H3,(H,19,20). The van der Waals surface area contributed by atoms with Crippen LogP contribution in [0.25, 0.3) is 22.8 Å². The minimum Gasteiger partial charge on any atom is -0.497 e. The Hall–Kier alpha value is -3.15. The number of ether oxygens (including phenoxy) is 1. The van der Waals surface area contributed by atoms with Gasteiger partial charge in [-0.1, -0.05) is 23.4 Å². The minimum absolute atomic E-state index is 0.165. The molecular weight excluding hydrogens is 284 g/mol. The normalized spacial score (nSPS) is 10.4. The third-order valence-corrected chi connectivity index (χ3v) is 3.11. The Labute approximate surface area is 126 Å². The van der Waals surface area contributed by atoms with E-state index in [0.717, 1.165) is 5.56 Å². The van der Waals surface area contributed by atoms with Crippen LogP contribution in [0.3, 0.4) is 0 Å². The van der Waals surface area contributed by atoms with Gasteiger partial charge in [0, 0.05) is 11.1 Å². The molecule has 1 N–H and O–H groups in total. The van der Waals surface area contributed by atoms with E-state index in [4.69, 9.17) is 14.4 Å². The Morgan fingerprint density at radius 1 is 1.14 bits per heavy atom. The zero-order valence-corrected chi connectivity index (χ0v) is 11.7. The number of carboxylic acid groups (broad SMARTS) is 1. The molecule has 0 aliphatic heterocycles. The smallest absolute Gasteiger partial charge is 0.335 e. The van der Waals surface area contributed by atoms with Gasteiger partial charge in [-0.3, -0.25) is 0 Å². The Morgan fingerprint density at radius 2 is 1.91 bits per heavy atom. The van der Waals surface area contributed by atoms with Crippen LogP contribution >= 0.6 is 0 Å². The van der Waals surface area contributed by atoms with Crippen LogP contribution in [0.1, 0.15) is 10.4 Å². The third-order valence-electron chi connectivity index (χ3n) is 3.11. The number of nitrogens with zero attached hydrogens (tertiary/aromatic N) is 2. The van der Waals surface area contributed by atoms with Gasteiger partial charge in [-0.15, -0.1) is 0 Å². The van der Waals surface area contributed by atoms with Crippen molar-refractivity contribution in [1.29, 1.82) is 0 Å². The van der Waals surface area contributed by atoms with Crippen molar-refractivity contribution in [2.75, 3.05) is 7.11 Å². The molecule has 1 heterocycles. The molecule has 0 fully saturated rings. The number of rotatable bonds is 4. The van der Waals surface area contributed by atoms with Gasteiger partial charge in [-0.25, -0.2) is 4.79 Å². The van der Waals surface area contributed by atoms with Gasteiger partial charge in [0.05, 0.1) is 12.7 Å². The average Bonchev–Trinajstić information content (AvgIpc) is 3.05. The van der Waals surface area contributed by atoms with Gasteiger partial charge < -0.3 is 14.4 Å². The van der Waals surface area contributed by atoms with Crippen molar-refractivity contribution in [3.8, 4) is 28.6 Å². The van der Waals surface area contributed by atoms with Crippen LogP contribution in [0, 0.1) is 0 Å². The first-order valence-electron chi connectivity index (χ1n) is 6.49. The Kier molecular flexibility index (Phi) is 3.57. The highest BCUT2D eigenvalue weighted by molar-refractivity contribution is 5.89. The lowest BCUT2D eigenvalue weighted by atomic mass is 10.1. The molecule has 0 spiro atoms. The summed E-state index contributed by atoms with van der Waals surface area (Å²) in [6, 6.07) is 13.6. The fourth-order valence-electron chi connectivity index (χ4n) is 2.01. The molecule has 0 amide bonds. The van der Waals surface area contributed by atoms with Crippen molar-refractivity contribution in [2.24, 2.45) is 0 Å². The molecule has 6 heteroatoms. The summed E-state index contributed by atoms with van der Waals surface area (Å²) >= 11 is 0. The molecule has 0 aliphatic rings. The number of hydrogen-bond donors (Lipinski definition) is 1. The highest BCUT2D eigenvalue weighted by Gasteiger charge is 2.13. The van der Waals surface area contributed by atoms with E-state index in [1.54, 1.807) is 25.3 Å². The van der Waals surface area contributed by atoms with Crippen LogP contribution in [-0.4, -0.2) is 28.3 Å². The molecular formula is C16H12N2O4. The summed E-state index contributed by atoms with van der Waals surface area (Å²) in [6.45, 7) is 0. The summed E-state index contributed by atoms with van der Waals surface area (Å²) in [5, 5.41) is 12.9. The summed E-state index contributed by atoms with van der Waals surface area (Å²) < 4.78 is 10.4. The van der Waals surface area contributed by atoms with E-state index in [9.17, 15) is 4.79 Å². The van der Waals surface area contributed by atoms with Crippen LogP contribution in [0.4, 0.5) is 0 Å². The second-order valence-corrected chi connectivity index (χ2v) is 4.54. The number of carbonyl (C=O) groups is 1. The van der Waals surface area contributed by atoms with Crippen LogP contribution in [0.2, 0.25) is 0 Å². The predicted molar refractivity (Wildman–Crippen MR) is 78.7 cm³/mol. The lowest BCUT2D eigenvalue weighted by molar-refractivity contribution is 0.0697. The zero-order chi connectivity index (χ0) is 15.5. The summed E-state index contributed by atoms with van der Waals surface area (Å²) in [6.07, 6.45) is 0. The van der Waals surface area contributed by atoms with E-state index in [0.29, 0.717) is 17.1 Å².